The fourth-order valence-electron chi connectivity index (χ4n) is 4.27. The van der Waals surface area contributed by atoms with Crippen molar-refractivity contribution in [3.05, 3.63) is 60.2 Å². The Morgan fingerprint density at radius 2 is 2.07 bits per heavy atom. The van der Waals surface area contributed by atoms with Crippen LogP contribution in [0.2, 0.25) is 0 Å². The van der Waals surface area contributed by atoms with Crippen LogP contribution in [0.25, 0.3) is 28.5 Å². The molecule has 0 saturated carbocycles. The van der Waals surface area contributed by atoms with E-state index in [-0.39, 0.29) is 0 Å². The van der Waals surface area contributed by atoms with Gasteiger partial charge in [-0.2, -0.15) is 0 Å². The van der Waals surface area contributed by atoms with Crippen molar-refractivity contribution in [2.75, 3.05) is 13.1 Å². The first-order valence-electron chi connectivity index (χ1n) is 10.5. The maximum absolute atomic E-state index is 11.3. The third-order valence-corrected chi connectivity index (χ3v) is 5.80. The van der Waals surface area contributed by atoms with Crippen molar-refractivity contribution in [3.63, 3.8) is 0 Å². The van der Waals surface area contributed by atoms with Crippen molar-refractivity contribution >= 4 is 23.0 Å². The SMILES string of the molecule is CC(C)N1CCC[C@@H](n2c(-c3cccc(C=CC(=O)NO)c3)nc3ccccc32)C1. The highest BCUT2D eigenvalue weighted by molar-refractivity contribution is 5.91. The minimum Gasteiger partial charge on any atom is -0.320 e. The summed E-state index contributed by atoms with van der Waals surface area (Å²) in [5.41, 5.74) is 5.66. The summed E-state index contributed by atoms with van der Waals surface area (Å²) in [7, 11) is 0. The lowest BCUT2D eigenvalue weighted by atomic mass is 10.0. The number of imidazole rings is 1. The van der Waals surface area contributed by atoms with Crippen LogP contribution in [0.15, 0.2) is 54.6 Å². The Morgan fingerprint density at radius 1 is 1.23 bits per heavy atom. The van der Waals surface area contributed by atoms with Crippen LogP contribution in [0, 0.1) is 0 Å². The number of hydrogen-bond acceptors (Lipinski definition) is 4. The monoisotopic (exact) mass is 404 g/mol. The van der Waals surface area contributed by atoms with Crippen LogP contribution in [0.3, 0.4) is 0 Å². The lowest BCUT2D eigenvalue weighted by Gasteiger charge is -2.36. The van der Waals surface area contributed by atoms with Gasteiger partial charge in [-0.1, -0.05) is 30.3 Å². The number of fused-ring (bicyclic) bond motifs is 1. The van der Waals surface area contributed by atoms with Gasteiger partial charge in [-0.05, 0) is 63.1 Å². The lowest BCUT2D eigenvalue weighted by molar-refractivity contribution is -0.124. The predicted molar refractivity (Wildman–Crippen MR) is 119 cm³/mol. The normalized spacial score (nSPS) is 17.8. The standard InChI is InChI=1S/C24H28N4O2/c1-17(2)27-14-6-9-20(16-27)28-22-11-4-3-10-21(22)25-24(28)19-8-5-7-18(15-19)12-13-23(29)26-30/h3-5,7-8,10-13,15,17,20,30H,6,9,14,16H2,1-2H3,(H,26,29)/t20-/m1/s1. The first-order chi connectivity index (χ1) is 14.6. The number of carbonyl (C=O) groups excluding carboxylic acids is 1. The maximum Gasteiger partial charge on any atom is 0.267 e. The minimum atomic E-state index is -0.552. The molecule has 1 amide bonds. The first-order valence-corrected chi connectivity index (χ1v) is 10.5. The van der Waals surface area contributed by atoms with Crippen molar-refractivity contribution in [3.8, 4) is 11.4 Å². The number of nitrogens with one attached hydrogen (secondary N) is 1. The molecule has 0 unspecified atom stereocenters. The highest BCUT2D eigenvalue weighted by Crippen LogP contribution is 2.33. The van der Waals surface area contributed by atoms with Gasteiger partial charge in [0.05, 0.1) is 11.0 Å². The van der Waals surface area contributed by atoms with E-state index in [9.17, 15) is 4.79 Å². The zero-order chi connectivity index (χ0) is 21.1. The largest absolute Gasteiger partial charge is 0.320 e. The van der Waals surface area contributed by atoms with E-state index >= 15 is 0 Å². The van der Waals surface area contributed by atoms with Crippen LogP contribution in [-0.2, 0) is 4.79 Å². The summed E-state index contributed by atoms with van der Waals surface area (Å²) in [6.07, 6.45) is 5.30. The fraction of sp³-hybridized carbons (Fsp3) is 0.333. The number of hydroxylamine groups is 1. The molecule has 0 bridgehead atoms. The molecule has 1 aromatic heterocycles. The topological polar surface area (TPSA) is 70.4 Å². The zero-order valence-corrected chi connectivity index (χ0v) is 17.5. The van der Waals surface area contributed by atoms with E-state index < -0.39 is 5.91 Å². The molecule has 2 heterocycles. The number of piperidine rings is 1. The highest BCUT2D eigenvalue weighted by atomic mass is 16.5. The number of likely N-dealkylation sites (tertiary alicyclic amines) is 1. The van der Waals surface area contributed by atoms with Gasteiger partial charge < -0.3 is 4.57 Å². The number of rotatable bonds is 5. The van der Waals surface area contributed by atoms with Crippen LogP contribution >= 0.6 is 0 Å². The molecule has 30 heavy (non-hydrogen) atoms. The van der Waals surface area contributed by atoms with E-state index in [0.717, 1.165) is 47.5 Å². The Labute approximate surface area is 176 Å². The van der Waals surface area contributed by atoms with E-state index in [4.69, 9.17) is 10.2 Å². The van der Waals surface area contributed by atoms with E-state index in [1.54, 1.807) is 11.6 Å². The van der Waals surface area contributed by atoms with Crippen molar-refractivity contribution in [1.82, 2.24) is 19.9 Å². The molecule has 6 nitrogen and oxygen atoms in total. The number of carbonyl (C=O) groups is 1. The minimum absolute atomic E-state index is 0.364. The summed E-state index contributed by atoms with van der Waals surface area (Å²) in [6, 6.07) is 17.2. The van der Waals surface area contributed by atoms with Gasteiger partial charge in [0.25, 0.3) is 5.91 Å². The number of hydrogen-bond donors (Lipinski definition) is 2. The summed E-state index contributed by atoms with van der Waals surface area (Å²) in [6.45, 7) is 6.67. The molecule has 156 valence electrons. The van der Waals surface area contributed by atoms with Crippen LogP contribution in [0.1, 0.15) is 38.3 Å². The van der Waals surface area contributed by atoms with E-state index in [0.29, 0.717) is 12.1 Å². The lowest BCUT2D eigenvalue weighted by Crippen LogP contribution is -2.40. The maximum atomic E-state index is 11.3. The summed E-state index contributed by atoms with van der Waals surface area (Å²) < 4.78 is 2.40. The van der Waals surface area contributed by atoms with Crippen LogP contribution in [0.5, 0.6) is 0 Å². The summed E-state index contributed by atoms with van der Waals surface area (Å²) >= 11 is 0. The van der Waals surface area contributed by atoms with Crippen LogP contribution < -0.4 is 5.48 Å². The molecule has 1 aliphatic heterocycles. The zero-order valence-electron chi connectivity index (χ0n) is 17.5. The molecule has 2 N–H and O–H groups in total. The molecule has 1 saturated heterocycles. The second kappa shape index (κ2) is 8.81. The summed E-state index contributed by atoms with van der Waals surface area (Å²) in [4.78, 5) is 18.9. The van der Waals surface area contributed by atoms with Gasteiger partial charge in [0.2, 0.25) is 0 Å². The van der Waals surface area contributed by atoms with Crippen LogP contribution in [-0.4, -0.2) is 44.7 Å². The summed E-state index contributed by atoms with van der Waals surface area (Å²) in [5, 5.41) is 8.70. The number of amides is 1. The molecule has 0 radical (unpaired) electrons. The van der Waals surface area contributed by atoms with E-state index in [1.807, 2.05) is 24.3 Å². The van der Waals surface area contributed by atoms with Gasteiger partial charge >= 0.3 is 0 Å². The van der Waals surface area contributed by atoms with Crippen LogP contribution in [0.4, 0.5) is 0 Å². The Balaban J connectivity index is 1.77. The molecule has 1 atom stereocenters. The fourth-order valence-corrected chi connectivity index (χ4v) is 4.27. The average molecular weight is 405 g/mol. The summed E-state index contributed by atoms with van der Waals surface area (Å²) in [5.74, 6) is 0.400. The molecular formula is C24H28N4O2. The van der Waals surface area contributed by atoms with E-state index in [2.05, 4.69) is 47.6 Å². The molecule has 6 heteroatoms. The molecular weight excluding hydrogens is 376 g/mol. The van der Waals surface area contributed by atoms with Gasteiger partial charge in [0, 0.05) is 30.3 Å². The van der Waals surface area contributed by atoms with Crippen molar-refractivity contribution in [1.29, 1.82) is 0 Å². The Hall–Kier alpha value is -2.96. The quantitative estimate of drug-likeness (QED) is 0.379. The molecule has 1 fully saturated rings. The first kappa shape index (κ1) is 20.3. The molecule has 0 aliphatic carbocycles. The molecule has 2 aromatic carbocycles. The highest BCUT2D eigenvalue weighted by Gasteiger charge is 2.26. The van der Waals surface area contributed by atoms with Gasteiger partial charge in [0.1, 0.15) is 5.82 Å². The van der Waals surface area contributed by atoms with E-state index in [1.165, 1.54) is 12.5 Å². The number of benzene rings is 2. The van der Waals surface area contributed by atoms with Gasteiger partial charge in [-0.25, -0.2) is 10.5 Å². The second-order valence-electron chi connectivity index (χ2n) is 8.11. The smallest absolute Gasteiger partial charge is 0.267 e. The Kier molecular flexibility index (Phi) is 5.97. The van der Waals surface area contributed by atoms with Gasteiger partial charge in [-0.15, -0.1) is 0 Å². The Bertz CT molecular complexity index is 1070. The molecule has 3 aromatic rings. The van der Waals surface area contributed by atoms with Crippen molar-refractivity contribution in [2.24, 2.45) is 0 Å². The number of nitrogens with zero attached hydrogens (tertiary/aromatic N) is 3. The van der Waals surface area contributed by atoms with Gasteiger partial charge in [-0.3, -0.25) is 14.9 Å². The average Bonchev–Trinajstić information content (AvgIpc) is 3.17. The molecule has 4 rings (SSSR count). The third-order valence-electron chi connectivity index (χ3n) is 5.80. The molecule has 1 aliphatic rings. The third kappa shape index (κ3) is 4.15. The van der Waals surface area contributed by atoms with Crippen molar-refractivity contribution < 1.29 is 10.0 Å². The predicted octanol–water partition coefficient (Wildman–Crippen LogP) is 4.27. The number of aromatic nitrogens is 2. The van der Waals surface area contributed by atoms with Crippen molar-refractivity contribution in [2.45, 2.75) is 38.8 Å². The number of para-hydroxylation sites is 2. The van der Waals surface area contributed by atoms with Gasteiger partial charge in [0.15, 0.2) is 0 Å². The molecule has 0 spiro atoms. The Morgan fingerprint density at radius 3 is 2.87 bits per heavy atom. The second-order valence-corrected chi connectivity index (χ2v) is 8.11.